The van der Waals surface area contributed by atoms with Crippen molar-refractivity contribution in [3.05, 3.63) is 35.1 Å². The van der Waals surface area contributed by atoms with Crippen molar-refractivity contribution in [1.82, 2.24) is 20.0 Å². The summed E-state index contributed by atoms with van der Waals surface area (Å²) in [6.45, 7) is 12.2. The molecule has 6 heteroatoms. The first-order chi connectivity index (χ1) is 12.9. The summed E-state index contributed by atoms with van der Waals surface area (Å²) in [4.78, 5) is 20.3. The summed E-state index contributed by atoms with van der Waals surface area (Å²) in [7, 11) is 2.13. The number of carbonyl (C=O) groups is 1. The van der Waals surface area contributed by atoms with Crippen LogP contribution in [0.3, 0.4) is 0 Å². The van der Waals surface area contributed by atoms with Gasteiger partial charge in [-0.3, -0.25) is 9.69 Å². The van der Waals surface area contributed by atoms with Gasteiger partial charge in [0.15, 0.2) is 0 Å². The molecule has 0 atom stereocenters. The summed E-state index contributed by atoms with van der Waals surface area (Å²) < 4.78 is 13.7. The standard InChI is InChI=1S/C21H33FN4O/c1-4-25-11-13-26(14-12-25)16-21(7-9-24(3)10-8-21)23-20(27)19-15-18(22)6-5-17(19)2/h5-6,15H,4,7-14,16H2,1-3H3,(H,23,27). The smallest absolute Gasteiger partial charge is 0.252 e. The van der Waals surface area contributed by atoms with Gasteiger partial charge in [-0.2, -0.15) is 0 Å². The first kappa shape index (κ1) is 20.2. The maximum atomic E-state index is 13.7. The van der Waals surface area contributed by atoms with E-state index in [9.17, 15) is 9.18 Å². The molecule has 2 aliphatic rings. The molecule has 2 aliphatic heterocycles. The second-order valence-corrected chi connectivity index (χ2v) is 8.21. The van der Waals surface area contributed by atoms with E-state index in [0.29, 0.717) is 5.56 Å². The van der Waals surface area contributed by atoms with Crippen molar-refractivity contribution in [3.63, 3.8) is 0 Å². The van der Waals surface area contributed by atoms with Crippen LogP contribution in [0, 0.1) is 12.7 Å². The SMILES string of the molecule is CCN1CCN(CC2(NC(=O)c3cc(F)ccc3C)CCN(C)CC2)CC1. The molecule has 1 aromatic carbocycles. The van der Waals surface area contributed by atoms with E-state index >= 15 is 0 Å². The Labute approximate surface area is 162 Å². The lowest BCUT2D eigenvalue weighted by molar-refractivity contribution is 0.0603. The zero-order valence-electron chi connectivity index (χ0n) is 16.9. The molecular formula is C21H33FN4O. The third kappa shape index (κ3) is 5.06. The molecule has 0 saturated carbocycles. The van der Waals surface area contributed by atoms with Crippen LogP contribution in [-0.4, -0.2) is 85.6 Å². The van der Waals surface area contributed by atoms with Crippen LogP contribution in [0.25, 0.3) is 0 Å². The Morgan fingerprint density at radius 3 is 2.37 bits per heavy atom. The number of halogens is 1. The molecule has 0 spiro atoms. The van der Waals surface area contributed by atoms with Gasteiger partial charge in [-0.25, -0.2) is 4.39 Å². The quantitative estimate of drug-likeness (QED) is 0.853. The third-order valence-corrected chi connectivity index (χ3v) is 6.21. The third-order valence-electron chi connectivity index (χ3n) is 6.21. The van der Waals surface area contributed by atoms with Crippen LogP contribution in [-0.2, 0) is 0 Å². The highest BCUT2D eigenvalue weighted by Gasteiger charge is 2.37. The molecule has 0 aromatic heterocycles. The van der Waals surface area contributed by atoms with Crippen molar-refractivity contribution < 1.29 is 9.18 Å². The van der Waals surface area contributed by atoms with Crippen LogP contribution in [0.4, 0.5) is 4.39 Å². The second kappa shape index (κ2) is 8.67. The highest BCUT2D eigenvalue weighted by Crippen LogP contribution is 2.25. The summed E-state index contributed by atoms with van der Waals surface area (Å²) in [6.07, 6.45) is 1.86. The van der Waals surface area contributed by atoms with Gasteiger partial charge >= 0.3 is 0 Å². The van der Waals surface area contributed by atoms with E-state index in [-0.39, 0.29) is 17.3 Å². The first-order valence-corrected chi connectivity index (χ1v) is 10.1. The van der Waals surface area contributed by atoms with E-state index in [0.717, 1.165) is 70.8 Å². The van der Waals surface area contributed by atoms with Gasteiger partial charge in [-0.1, -0.05) is 13.0 Å². The molecule has 1 amide bonds. The zero-order valence-corrected chi connectivity index (χ0v) is 16.9. The van der Waals surface area contributed by atoms with E-state index in [1.165, 1.54) is 12.1 Å². The number of likely N-dealkylation sites (tertiary alicyclic amines) is 1. The molecule has 27 heavy (non-hydrogen) atoms. The number of carbonyl (C=O) groups excluding carboxylic acids is 1. The Morgan fingerprint density at radius 2 is 1.74 bits per heavy atom. The van der Waals surface area contributed by atoms with Gasteiger partial charge in [-0.05, 0) is 51.1 Å². The van der Waals surface area contributed by atoms with E-state index in [4.69, 9.17) is 0 Å². The number of hydrogen-bond donors (Lipinski definition) is 1. The highest BCUT2D eigenvalue weighted by atomic mass is 19.1. The second-order valence-electron chi connectivity index (χ2n) is 8.21. The van der Waals surface area contributed by atoms with E-state index < -0.39 is 0 Å². The normalized spacial score (nSPS) is 21.9. The molecule has 0 bridgehead atoms. The van der Waals surface area contributed by atoms with Crippen LogP contribution in [0.15, 0.2) is 18.2 Å². The average Bonchev–Trinajstić information content (AvgIpc) is 2.67. The summed E-state index contributed by atoms with van der Waals surface area (Å²) >= 11 is 0. The van der Waals surface area contributed by atoms with Crippen molar-refractivity contribution in [2.45, 2.75) is 32.2 Å². The minimum absolute atomic E-state index is 0.149. The van der Waals surface area contributed by atoms with Crippen molar-refractivity contribution >= 4 is 5.91 Å². The van der Waals surface area contributed by atoms with Crippen LogP contribution < -0.4 is 5.32 Å². The summed E-state index contributed by atoms with van der Waals surface area (Å²) in [5, 5.41) is 3.32. The number of benzene rings is 1. The van der Waals surface area contributed by atoms with Crippen molar-refractivity contribution in [2.24, 2.45) is 0 Å². The number of piperidine rings is 1. The Morgan fingerprint density at radius 1 is 1.11 bits per heavy atom. The van der Waals surface area contributed by atoms with Gasteiger partial charge in [0, 0.05) is 51.4 Å². The molecule has 2 heterocycles. The van der Waals surface area contributed by atoms with Crippen molar-refractivity contribution in [1.29, 1.82) is 0 Å². The van der Waals surface area contributed by atoms with Crippen LogP contribution in [0.2, 0.25) is 0 Å². The van der Waals surface area contributed by atoms with E-state index in [2.05, 4.69) is 34.0 Å². The van der Waals surface area contributed by atoms with Gasteiger partial charge in [0.2, 0.25) is 0 Å². The van der Waals surface area contributed by atoms with Gasteiger partial charge in [-0.15, -0.1) is 0 Å². The lowest BCUT2D eigenvalue weighted by Gasteiger charge is -2.46. The summed E-state index contributed by atoms with van der Waals surface area (Å²) in [5.41, 5.74) is 1.02. The predicted molar refractivity (Wildman–Crippen MR) is 107 cm³/mol. The van der Waals surface area contributed by atoms with E-state index in [1.54, 1.807) is 6.07 Å². The first-order valence-electron chi connectivity index (χ1n) is 10.1. The Hall–Kier alpha value is -1.50. The van der Waals surface area contributed by atoms with Gasteiger partial charge in [0.25, 0.3) is 5.91 Å². The van der Waals surface area contributed by atoms with Gasteiger partial charge in [0.1, 0.15) is 5.82 Å². The zero-order chi connectivity index (χ0) is 19.4. The molecule has 1 N–H and O–H groups in total. The fraction of sp³-hybridized carbons (Fsp3) is 0.667. The lowest BCUT2D eigenvalue weighted by Crippen LogP contribution is -2.62. The molecule has 5 nitrogen and oxygen atoms in total. The van der Waals surface area contributed by atoms with E-state index in [1.807, 2.05) is 6.92 Å². The molecule has 1 aromatic rings. The summed E-state index contributed by atoms with van der Waals surface area (Å²) in [6, 6.07) is 4.44. The largest absolute Gasteiger partial charge is 0.345 e. The predicted octanol–water partition coefficient (Wildman–Crippen LogP) is 1.97. The maximum absolute atomic E-state index is 13.7. The molecule has 0 radical (unpaired) electrons. The average molecular weight is 377 g/mol. The van der Waals surface area contributed by atoms with Crippen molar-refractivity contribution in [3.8, 4) is 0 Å². The van der Waals surface area contributed by atoms with Crippen molar-refractivity contribution in [2.75, 3.05) is 59.4 Å². The minimum Gasteiger partial charge on any atom is -0.345 e. The number of aryl methyl sites for hydroxylation is 1. The molecule has 0 aliphatic carbocycles. The van der Waals surface area contributed by atoms with Gasteiger partial charge in [0.05, 0.1) is 5.54 Å². The number of hydrogen-bond acceptors (Lipinski definition) is 4. The van der Waals surface area contributed by atoms with Gasteiger partial charge < -0.3 is 15.1 Å². The number of nitrogens with one attached hydrogen (secondary N) is 1. The fourth-order valence-electron chi connectivity index (χ4n) is 4.21. The van der Waals surface area contributed by atoms with Crippen LogP contribution in [0.5, 0.6) is 0 Å². The molecule has 2 fully saturated rings. The molecule has 3 rings (SSSR count). The van der Waals surface area contributed by atoms with Crippen LogP contribution >= 0.6 is 0 Å². The fourth-order valence-corrected chi connectivity index (χ4v) is 4.21. The topological polar surface area (TPSA) is 38.8 Å². The monoisotopic (exact) mass is 376 g/mol. The maximum Gasteiger partial charge on any atom is 0.252 e. The number of nitrogens with zero attached hydrogens (tertiary/aromatic N) is 3. The number of likely N-dealkylation sites (N-methyl/N-ethyl adjacent to an activating group) is 1. The molecule has 0 unspecified atom stereocenters. The minimum atomic E-state index is -0.362. The number of rotatable bonds is 5. The Bertz CT molecular complexity index is 650. The number of piperazine rings is 1. The lowest BCUT2D eigenvalue weighted by atomic mass is 9.86. The highest BCUT2D eigenvalue weighted by molar-refractivity contribution is 5.96. The molecular weight excluding hydrogens is 343 g/mol. The summed E-state index contributed by atoms with van der Waals surface area (Å²) in [5.74, 6) is -0.511. The molecule has 150 valence electrons. The Balaban J connectivity index is 1.73. The Kier molecular flexibility index (Phi) is 6.50. The van der Waals surface area contributed by atoms with Crippen LogP contribution in [0.1, 0.15) is 35.7 Å². The number of amides is 1. The molecule has 2 saturated heterocycles.